The molecule has 1 N–H and O–H groups in total. The Kier molecular flexibility index (Phi) is 3.52. The molecule has 3 fully saturated rings. The summed E-state index contributed by atoms with van der Waals surface area (Å²) in [4.78, 5) is 12.4. The van der Waals surface area contributed by atoms with E-state index < -0.39 is 0 Å². The van der Waals surface area contributed by atoms with Crippen molar-refractivity contribution in [2.24, 2.45) is 23.2 Å². The normalized spacial score (nSPS) is 44.2. The van der Waals surface area contributed by atoms with Crippen LogP contribution in [0.5, 0.6) is 5.75 Å². The van der Waals surface area contributed by atoms with Crippen LogP contribution in [0.4, 0.5) is 0 Å². The van der Waals surface area contributed by atoms with E-state index in [4.69, 9.17) is 4.74 Å². The van der Waals surface area contributed by atoms with Crippen molar-refractivity contribution >= 4 is 5.97 Å². The minimum atomic E-state index is -0.207. The third kappa shape index (κ3) is 2.09. The summed E-state index contributed by atoms with van der Waals surface area (Å²) in [5, 5.41) is 9.84. The Morgan fingerprint density at radius 2 is 1.92 bits per heavy atom. The number of ether oxygens (including phenoxy) is 1. The van der Waals surface area contributed by atoms with E-state index in [2.05, 4.69) is 13.0 Å². The highest BCUT2D eigenvalue weighted by Gasteiger charge is 2.64. The molecule has 0 amide bonds. The molecular formula is C23H30O3. The number of aromatic hydroxyl groups is 1. The first-order valence-electron chi connectivity index (χ1n) is 10.5. The molecule has 5 rings (SSSR count). The lowest BCUT2D eigenvalue weighted by Crippen LogP contribution is -2.55. The largest absolute Gasteiger partial charge is 0.508 e. The maximum atomic E-state index is 12.4. The lowest BCUT2D eigenvalue weighted by molar-refractivity contribution is -0.197. The maximum Gasteiger partial charge on any atom is 0.309 e. The van der Waals surface area contributed by atoms with E-state index >= 15 is 0 Å². The predicted octanol–water partition coefficient (Wildman–Crippen LogP) is 4.96. The Hall–Kier alpha value is -1.51. The van der Waals surface area contributed by atoms with Gasteiger partial charge in [-0.15, -0.1) is 0 Å². The Morgan fingerprint density at radius 1 is 1.12 bits per heavy atom. The van der Waals surface area contributed by atoms with Crippen molar-refractivity contribution < 1.29 is 14.6 Å². The number of phenolic OH excluding ortho intramolecular Hbond substituents is 1. The van der Waals surface area contributed by atoms with Crippen LogP contribution in [-0.2, 0) is 16.0 Å². The molecule has 3 aliphatic carbocycles. The summed E-state index contributed by atoms with van der Waals surface area (Å²) in [7, 11) is 0. The zero-order valence-electron chi connectivity index (χ0n) is 16.0. The average Bonchev–Trinajstić information content (AvgIpc) is 2.90. The number of hydrogen-bond donors (Lipinski definition) is 1. The molecule has 1 heterocycles. The monoisotopic (exact) mass is 354 g/mol. The molecule has 1 saturated heterocycles. The highest BCUT2D eigenvalue weighted by molar-refractivity contribution is 5.73. The average molecular weight is 354 g/mol. The summed E-state index contributed by atoms with van der Waals surface area (Å²) >= 11 is 0. The van der Waals surface area contributed by atoms with E-state index in [9.17, 15) is 9.90 Å². The molecule has 1 aromatic rings. The number of fused-ring (bicyclic) bond motifs is 6. The van der Waals surface area contributed by atoms with E-state index in [0.29, 0.717) is 23.5 Å². The molecule has 4 aliphatic rings. The van der Waals surface area contributed by atoms with E-state index in [1.165, 1.54) is 30.4 Å². The van der Waals surface area contributed by atoms with Gasteiger partial charge in [-0.1, -0.05) is 19.9 Å². The van der Waals surface area contributed by atoms with E-state index in [0.717, 1.165) is 32.1 Å². The molecule has 6 atom stereocenters. The quantitative estimate of drug-likeness (QED) is 0.670. The third-order valence-electron chi connectivity index (χ3n) is 8.68. The fourth-order valence-electron chi connectivity index (χ4n) is 7.15. The van der Waals surface area contributed by atoms with Crippen LogP contribution in [0.1, 0.15) is 75.8 Å². The van der Waals surface area contributed by atoms with E-state index in [-0.39, 0.29) is 22.9 Å². The summed E-state index contributed by atoms with van der Waals surface area (Å²) in [6, 6.07) is 5.99. The van der Waals surface area contributed by atoms with Crippen molar-refractivity contribution in [1.82, 2.24) is 0 Å². The molecular weight excluding hydrogens is 324 g/mol. The lowest BCUT2D eigenvalue weighted by Gasteiger charge is -2.55. The Bertz CT molecular complexity index is 756. The molecule has 1 aromatic carbocycles. The van der Waals surface area contributed by atoms with Crippen LogP contribution in [0.25, 0.3) is 0 Å². The molecule has 1 aliphatic heterocycles. The van der Waals surface area contributed by atoms with Gasteiger partial charge in [0.05, 0.1) is 5.92 Å². The minimum Gasteiger partial charge on any atom is -0.508 e. The summed E-state index contributed by atoms with van der Waals surface area (Å²) in [5.74, 6) is 2.46. The van der Waals surface area contributed by atoms with Gasteiger partial charge in [-0.2, -0.15) is 0 Å². The molecule has 3 nitrogen and oxygen atoms in total. The maximum absolute atomic E-state index is 12.4. The van der Waals surface area contributed by atoms with Crippen molar-refractivity contribution in [1.29, 1.82) is 0 Å². The Balaban J connectivity index is 1.48. The number of esters is 1. The SMILES string of the molecule is CC1CC[C@@]2(CCC3C4CCc5cc(O)ccc5C4CCC32C)OC1=O. The number of benzene rings is 1. The molecule has 0 aromatic heterocycles. The van der Waals surface area contributed by atoms with Crippen LogP contribution < -0.4 is 0 Å². The second-order valence-corrected chi connectivity index (χ2v) is 9.65. The van der Waals surface area contributed by atoms with Crippen molar-refractivity contribution in [2.45, 2.75) is 76.7 Å². The molecule has 0 bridgehead atoms. The smallest absolute Gasteiger partial charge is 0.309 e. The molecule has 140 valence electrons. The Morgan fingerprint density at radius 3 is 2.73 bits per heavy atom. The summed E-state index contributed by atoms with van der Waals surface area (Å²) in [6.07, 6.45) is 8.91. The number of carbonyl (C=O) groups is 1. The van der Waals surface area contributed by atoms with Gasteiger partial charge in [-0.25, -0.2) is 0 Å². The van der Waals surface area contributed by atoms with Crippen LogP contribution in [0.3, 0.4) is 0 Å². The van der Waals surface area contributed by atoms with Crippen LogP contribution in [-0.4, -0.2) is 16.7 Å². The van der Waals surface area contributed by atoms with Gasteiger partial charge in [0.15, 0.2) is 0 Å². The van der Waals surface area contributed by atoms with Gasteiger partial charge in [0.1, 0.15) is 11.4 Å². The number of aryl methyl sites for hydroxylation is 1. The van der Waals surface area contributed by atoms with Gasteiger partial charge in [-0.3, -0.25) is 4.79 Å². The zero-order valence-corrected chi connectivity index (χ0v) is 16.0. The fraction of sp³-hybridized carbons (Fsp3) is 0.696. The van der Waals surface area contributed by atoms with Gasteiger partial charge in [0.25, 0.3) is 0 Å². The molecule has 2 saturated carbocycles. The topological polar surface area (TPSA) is 46.5 Å². The van der Waals surface area contributed by atoms with Crippen LogP contribution >= 0.6 is 0 Å². The molecule has 0 radical (unpaired) electrons. The Labute approximate surface area is 156 Å². The second-order valence-electron chi connectivity index (χ2n) is 9.65. The number of carbonyl (C=O) groups excluding carboxylic acids is 1. The number of hydrogen-bond acceptors (Lipinski definition) is 3. The van der Waals surface area contributed by atoms with Crippen molar-refractivity contribution in [3.05, 3.63) is 29.3 Å². The molecule has 3 heteroatoms. The first kappa shape index (κ1) is 16.6. The first-order chi connectivity index (χ1) is 12.4. The van der Waals surface area contributed by atoms with Gasteiger partial charge in [0, 0.05) is 5.41 Å². The first-order valence-corrected chi connectivity index (χ1v) is 10.5. The van der Waals surface area contributed by atoms with Gasteiger partial charge in [-0.05, 0) is 92.4 Å². The third-order valence-corrected chi connectivity index (χ3v) is 8.68. The van der Waals surface area contributed by atoms with Crippen molar-refractivity contribution in [3.8, 4) is 5.75 Å². The van der Waals surface area contributed by atoms with Crippen molar-refractivity contribution in [3.63, 3.8) is 0 Å². The molecule has 5 unspecified atom stereocenters. The lowest BCUT2D eigenvalue weighted by atomic mass is 9.52. The predicted molar refractivity (Wildman–Crippen MR) is 99.9 cm³/mol. The van der Waals surface area contributed by atoms with E-state index in [1.807, 2.05) is 19.1 Å². The second kappa shape index (κ2) is 5.50. The standard InChI is InChI=1S/C23H30O3/c1-14-7-11-23(26-21(14)25)12-9-20-19-5-3-15-13-16(24)4-6-17(15)18(19)8-10-22(20,23)2/h4,6,13-14,18-20,24H,3,5,7-12H2,1-2H3/t14?,18?,19?,20?,22?,23-/m0/s1. The highest BCUT2D eigenvalue weighted by Crippen LogP contribution is 2.67. The summed E-state index contributed by atoms with van der Waals surface area (Å²) < 4.78 is 6.21. The van der Waals surface area contributed by atoms with Crippen LogP contribution in [0.2, 0.25) is 0 Å². The summed E-state index contributed by atoms with van der Waals surface area (Å²) in [5.41, 5.74) is 2.75. The zero-order chi connectivity index (χ0) is 18.1. The van der Waals surface area contributed by atoms with Crippen molar-refractivity contribution in [2.75, 3.05) is 0 Å². The van der Waals surface area contributed by atoms with Crippen LogP contribution in [0.15, 0.2) is 18.2 Å². The fourth-order valence-corrected chi connectivity index (χ4v) is 7.15. The van der Waals surface area contributed by atoms with Gasteiger partial charge in [0.2, 0.25) is 0 Å². The van der Waals surface area contributed by atoms with Gasteiger partial charge < -0.3 is 9.84 Å². The summed E-state index contributed by atoms with van der Waals surface area (Å²) in [6.45, 7) is 4.44. The molecule has 1 spiro atoms. The molecule has 26 heavy (non-hydrogen) atoms. The minimum absolute atomic E-state index is 0.0321. The van der Waals surface area contributed by atoms with E-state index in [1.54, 1.807) is 0 Å². The van der Waals surface area contributed by atoms with Gasteiger partial charge >= 0.3 is 5.97 Å². The highest BCUT2D eigenvalue weighted by atomic mass is 16.6. The number of phenols is 1. The number of rotatable bonds is 0. The van der Waals surface area contributed by atoms with Crippen LogP contribution in [0, 0.1) is 23.2 Å².